The first kappa shape index (κ1) is 10.6. The van der Waals surface area contributed by atoms with Gasteiger partial charge in [0.25, 0.3) is 0 Å². The molecule has 0 spiro atoms. The van der Waals surface area contributed by atoms with E-state index in [1.807, 2.05) is 6.20 Å². The minimum atomic E-state index is 0.520. The zero-order chi connectivity index (χ0) is 11.5. The predicted molar refractivity (Wildman–Crippen MR) is 69.5 cm³/mol. The molecule has 1 aromatic heterocycles. The van der Waals surface area contributed by atoms with Crippen LogP contribution in [0.4, 0.5) is 0 Å². The molecule has 0 radical (unpaired) electrons. The number of benzene rings is 1. The summed E-state index contributed by atoms with van der Waals surface area (Å²) in [7, 11) is 0. The second-order valence-corrected chi connectivity index (χ2v) is 4.83. The van der Waals surface area contributed by atoms with Crippen molar-refractivity contribution in [2.24, 2.45) is 5.92 Å². The Labute approximate surface area is 102 Å². The molecule has 2 aromatic rings. The van der Waals surface area contributed by atoms with Gasteiger partial charge in [-0.25, -0.2) is 0 Å². The van der Waals surface area contributed by atoms with Crippen molar-refractivity contribution in [1.82, 2.24) is 10.3 Å². The molecule has 1 atom stereocenters. The minimum Gasteiger partial charge on any atom is -0.367 e. The zero-order valence-corrected chi connectivity index (χ0v) is 9.89. The van der Waals surface area contributed by atoms with Gasteiger partial charge in [0.1, 0.15) is 0 Å². The predicted octanol–water partition coefficient (Wildman–Crippen LogP) is 3.26. The van der Waals surface area contributed by atoms with Crippen molar-refractivity contribution in [2.45, 2.75) is 25.4 Å². The zero-order valence-electron chi connectivity index (χ0n) is 9.89. The summed E-state index contributed by atoms with van der Waals surface area (Å²) in [6.45, 7) is 0.944. The molecular weight excluding hydrogens is 208 g/mol. The van der Waals surface area contributed by atoms with Crippen LogP contribution in [0.2, 0.25) is 0 Å². The van der Waals surface area contributed by atoms with Crippen LogP contribution in [0.5, 0.6) is 0 Å². The molecule has 2 heteroatoms. The lowest BCUT2D eigenvalue weighted by molar-refractivity contribution is 0.480. The van der Waals surface area contributed by atoms with Crippen molar-refractivity contribution in [1.29, 1.82) is 0 Å². The average molecular weight is 226 g/mol. The molecule has 0 aliphatic heterocycles. The summed E-state index contributed by atoms with van der Waals surface area (Å²) in [6.07, 6.45) is 6.76. The van der Waals surface area contributed by atoms with Crippen molar-refractivity contribution in [2.75, 3.05) is 0 Å². The molecule has 0 bridgehead atoms. The van der Waals surface area contributed by atoms with Crippen molar-refractivity contribution in [3.63, 3.8) is 0 Å². The third-order valence-electron chi connectivity index (χ3n) is 3.44. The Morgan fingerprint density at radius 1 is 1.18 bits per heavy atom. The summed E-state index contributed by atoms with van der Waals surface area (Å²) >= 11 is 0. The molecule has 1 aromatic carbocycles. The van der Waals surface area contributed by atoms with Crippen LogP contribution in [0.3, 0.4) is 0 Å². The van der Waals surface area contributed by atoms with Gasteiger partial charge in [-0.05, 0) is 36.0 Å². The SMILES string of the molecule is c1ccc(C(NCc2cc[nH]c2)C2CC2)cc1. The van der Waals surface area contributed by atoms with Gasteiger partial charge in [-0.3, -0.25) is 0 Å². The minimum absolute atomic E-state index is 0.520. The highest BCUT2D eigenvalue weighted by Gasteiger charge is 2.31. The van der Waals surface area contributed by atoms with Crippen molar-refractivity contribution in [3.05, 3.63) is 59.9 Å². The molecule has 3 rings (SSSR count). The van der Waals surface area contributed by atoms with Crippen molar-refractivity contribution in [3.8, 4) is 0 Å². The molecule has 2 nitrogen and oxygen atoms in total. The Kier molecular flexibility index (Phi) is 2.97. The van der Waals surface area contributed by atoms with Crippen molar-refractivity contribution >= 4 is 0 Å². The Morgan fingerprint density at radius 2 is 2.00 bits per heavy atom. The van der Waals surface area contributed by atoms with E-state index in [2.05, 4.69) is 52.9 Å². The number of aromatic amines is 1. The summed E-state index contributed by atoms with van der Waals surface area (Å²) in [6, 6.07) is 13.4. The molecule has 0 saturated heterocycles. The molecular formula is C15H18N2. The number of rotatable bonds is 5. The van der Waals surface area contributed by atoms with Gasteiger partial charge in [0.05, 0.1) is 0 Å². The quantitative estimate of drug-likeness (QED) is 0.804. The first-order valence-electron chi connectivity index (χ1n) is 6.33. The second kappa shape index (κ2) is 4.76. The largest absolute Gasteiger partial charge is 0.367 e. The summed E-state index contributed by atoms with van der Waals surface area (Å²) in [5, 5.41) is 3.68. The standard InChI is InChI=1S/C15H18N2/c1-2-4-13(5-3-1)15(14-6-7-14)17-11-12-8-9-16-10-12/h1-5,8-10,14-17H,6-7,11H2. The Bertz CT molecular complexity index is 443. The fourth-order valence-electron chi connectivity index (χ4n) is 2.34. The highest BCUT2D eigenvalue weighted by atomic mass is 14.9. The molecule has 1 saturated carbocycles. The lowest BCUT2D eigenvalue weighted by Gasteiger charge is -2.18. The van der Waals surface area contributed by atoms with E-state index in [9.17, 15) is 0 Å². The third kappa shape index (κ3) is 2.59. The maximum atomic E-state index is 3.68. The van der Waals surface area contributed by atoms with E-state index >= 15 is 0 Å². The Balaban J connectivity index is 1.68. The van der Waals surface area contributed by atoms with Crippen LogP contribution in [-0.2, 0) is 6.54 Å². The van der Waals surface area contributed by atoms with Crippen LogP contribution in [0.25, 0.3) is 0 Å². The third-order valence-corrected chi connectivity index (χ3v) is 3.44. The normalized spacial score (nSPS) is 16.9. The van der Waals surface area contributed by atoms with Gasteiger partial charge in [0, 0.05) is 25.0 Å². The second-order valence-electron chi connectivity index (χ2n) is 4.83. The summed E-state index contributed by atoms with van der Waals surface area (Å²) < 4.78 is 0. The highest BCUT2D eigenvalue weighted by molar-refractivity contribution is 5.21. The van der Waals surface area contributed by atoms with E-state index in [-0.39, 0.29) is 0 Å². The molecule has 1 heterocycles. The van der Waals surface area contributed by atoms with Gasteiger partial charge in [-0.1, -0.05) is 30.3 Å². The Morgan fingerprint density at radius 3 is 2.65 bits per heavy atom. The van der Waals surface area contributed by atoms with Crippen LogP contribution in [-0.4, -0.2) is 4.98 Å². The molecule has 17 heavy (non-hydrogen) atoms. The first-order chi connectivity index (χ1) is 8.43. The summed E-state index contributed by atoms with van der Waals surface area (Å²) in [4.78, 5) is 3.10. The molecule has 1 fully saturated rings. The van der Waals surface area contributed by atoms with Gasteiger partial charge in [-0.15, -0.1) is 0 Å². The van der Waals surface area contributed by atoms with Gasteiger partial charge in [-0.2, -0.15) is 0 Å². The molecule has 88 valence electrons. The van der Waals surface area contributed by atoms with E-state index in [0.29, 0.717) is 6.04 Å². The van der Waals surface area contributed by atoms with Gasteiger partial charge < -0.3 is 10.3 Å². The molecule has 0 amide bonds. The average Bonchev–Trinajstić information content (AvgIpc) is 3.07. The molecule has 1 aliphatic carbocycles. The molecule has 1 aliphatic rings. The number of aromatic nitrogens is 1. The number of hydrogen-bond donors (Lipinski definition) is 2. The monoisotopic (exact) mass is 226 g/mol. The number of hydrogen-bond acceptors (Lipinski definition) is 1. The van der Waals surface area contributed by atoms with Crippen LogP contribution in [0.15, 0.2) is 48.8 Å². The van der Waals surface area contributed by atoms with E-state index in [1.165, 1.54) is 24.0 Å². The fraction of sp³-hybridized carbons (Fsp3) is 0.333. The number of H-pyrrole nitrogens is 1. The van der Waals surface area contributed by atoms with E-state index in [0.717, 1.165) is 12.5 Å². The van der Waals surface area contributed by atoms with Gasteiger partial charge >= 0.3 is 0 Å². The highest BCUT2D eigenvalue weighted by Crippen LogP contribution is 2.41. The smallest absolute Gasteiger partial charge is 0.0351 e. The summed E-state index contributed by atoms with van der Waals surface area (Å²) in [5.41, 5.74) is 2.75. The molecule has 2 N–H and O–H groups in total. The van der Waals surface area contributed by atoms with Crippen LogP contribution < -0.4 is 5.32 Å². The maximum Gasteiger partial charge on any atom is 0.0351 e. The van der Waals surface area contributed by atoms with E-state index in [4.69, 9.17) is 0 Å². The van der Waals surface area contributed by atoms with Gasteiger partial charge in [0.2, 0.25) is 0 Å². The van der Waals surface area contributed by atoms with E-state index < -0.39 is 0 Å². The van der Waals surface area contributed by atoms with Gasteiger partial charge in [0.15, 0.2) is 0 Å². The lowest BCUT2D eigenvalue weighted by atomic mass is 10.0. The van der Waals surface area contributed by atoms with Crippen LogP contribution in [0.1, 0.15) is 30.0 Å². The first-order valence-corrected chi connectivity index (χ1v) is 6.33. The Hall–Kier alpha value is -1.54. The molecule has 1 unspecified atom stereocenters. The van der Waals surface area contributed by atoms with Crippen molar-refractivity contribution < 1.29 is 0 Å². The van der Waals surface area contributed by atoms with E-state index in [1.54, 1.807) is 0 Å². The maximum absolute atomic E-state index is 3.68. The van der Waals surface area contributed by atoms with Crippen LogP contribution >= 0.6 is 0 Å². The topological polar surface area (TPSA) is 27.8 Å². The fourth-order valence-corrected chi connectivity index (χ4v) is 2.34. The lowest BCUT2D eigenvalue weighted by Crippen LogP contribution is -2.22. The van der Waals surface area contributed by atoms with Crippen LogP contribution in [0, 0.1) is 5.92 Å². The summed E-state index contributed by atoms with van der Waals surface area (Å²) in [5.74, 6) is 0.830. The number of nitrogens with one attached hydrogen (secondary N) is 2.